The van der Waals surface area contributed by atoms with Crippen molar-refractivity contribution >= 4 is 23.4 Å². The predicted octanol–water partition coefficient (Wildman–Crippen LogP) is 2.06. The van der Waals surface area contributed by atoms with Crippen molar-refractivity contribution in [3.8, 4) is 5.75 Å². The van der Waals surface area contributed by atoms with Gasteiger partial charge in [0.2, 0.25) is 11.8 Å². The molecule has 1 atom stereocenters. The van der Waals surface area contributed by atoms with Crippen LogP contribution in [0.5, 0.6) is 5.75 Å². The van der Waals surface area contributed by atoms with Gasteiger partial charge in [0, 0.05) is 43.9 Å². The topological polar surface area (TPSA) is 92.1 Å². The summed E-state index contributed by atoms with van der Waals surface area (Å²) in [5.41, 5.74) is 1.28. The highest BCUT2D eigenvalue weighted by Crippen LogP contribution is 2.28. The fourth-order valence-electron chi connectivity index (χ4n) is 4.03. The Kier molecular flexibility index (Phi) is 5.74. The number of benzene rings is 1. The van der Waals surface area contributed by atoms with Crippen LogP contribution < -0.4 is 15.0 Å². The molecule has 3 heterocycles. The molecule has 4 rings (SSSR count). The molecule has 0 saturated carbocycles. The smallest absolute Gasteiger partial charge is 0.257 e. The van der Waals surface area contributed by atoms with E-state index in [1.54, 1.807) is 29.0 Å². The molecule has 1 N–H and O–H groups in total. The highest BCUT2D eigenvalue weighted by molar-refractivity contribution is 6.00. The predicted molar refractivity (Wildman–Crippen MR) is 109 cm³/mol. The summed E-state index contributed by atoms with van der Waals surface area (Å²) in [6, 6.07) is 8.94. The Morgan fingerprint density at radius 1 is 1.20 bits per heavy atom. The van der Waals surface area contributed by atoms with Gasteiger partial charge in [0.05, 0.1) is 24.9 Å². The minimum absolute atomic E-state index is 0.00636. The van der Waals surface area contributed by atoms with E-state index in [-0.39, 0.29) is 36.1 Å². The SMILES string of the molecule is COc1cccc(N2CC(C(=O)NC3CCN(C(=O)c4ccoc4)CC3)CC2=O)c1. The molecule has 2 aliphatic rings. The molecule has 0 aliphatic carbocycles. The van der Waals surface area contributed by atoms with Gasteiger partial charge in [-0.2, -0.15) is 0 Å². The summed E-state index contributed by atoms with van der Waals surface area (Å²) in [5.74, 6) is 0.0698. The van der Waals surface area contributed by atoms with E-state index in [9.17, 15) is 14.4 Å². The molecule has 0 bridgehead atoms. The lowest BCUT2D eigenvalue weighted by atomic mass is 10.0. The Hall–Kier alpha value is -3.29. The van der Waals surface area contributed by atoms with Gasteiger partial charge in [0.15, 0.2) is 0 Å². The first-order valence-electron chi connectivity index (χ1n) is 10.1. The summed E-state index contributed by atoms with van der Waals surface area (Å²) in [6.45, 7) is 1.51. The van der Waals surface area contributed by atoms with Crippen molar-refractivity contribution in [1.82, 2.24) is 10.2 Å². The van der Waals surface area contributed by atoms with E-state index in [0.717, 1.165) is 5.69 Å². The van der Waals surface area contributed by atoms with E-state index in [4.69, 9.17) is 9.15 Å². The Morgan fingerprint density at radius 2 is 2.00 bits per heavy atom. The number of hydrogen-bond donors (Lipinski definition) is 1. The van der Waals surface area contributed by atoms with Crippen LogP contribution in [0.3, 0.4) is 0 Å². The number of ether oxygens (including phenoxy) is 1. The van der Waals surface area contributed by atoms with Gasteiger partial charge < -0.3 is 24.3 Å². The van der Waals surface area contributed by atoms with E-state index in [1.807, 2.05) is 18.2 Å². The normalized spacial score (nSPS) is 19.8. The van der Waals surface area contributed by atoms with Crippen molar-refractivity contribution in [2.75, 3.05) is 31.6 Å². The Morgan fingerprint density at radius 3 is 2.70 bits per heavy atom. The number of piperidine rings is 1. The van der Waals surface area contributed by atoms with Crippen LogP contribution in [0.25, 0.3) is 0 Å². The number of furan rings is 1. The van der Waals surface area contributed by atoms with Crippen LogP contribution in [0.4, 0.5) is 5.69 Å². The molecule has 0 spiro atoms. The molecule has 0 radical (unpaired) electrons. The molecule has 8 nitrogen and oxygen atoms in total. The van der Waals surface area contributed by atoms with Crippen molar-refractivity contribution < 1.29 is 23.5 Å². The largest absolute Gasteiger partial charge is 0.497 e. The van der Waals surface area contributed by atoms with E-state index in [1.165, 1.54) is 12.5 Å². The molecule has 1 aromatic heterocycles. The number of nitrogens with zero attached hydrogens (tertiary/aromatic N) is 2. The van der Waals surface area contributed by atoms with Gasteiger partial charge in [-0.15, -0.1) is 0 Å². The van der Waals surface area contributed by atoms with E-state index in [0.29, 0.717) is 43.8 Å². The average Bonchev–Trinajstić information content (AvgIpc) is 3.44. The minimum atomic E-state index is -0.380. The molecule has 2 fully saturated rings. The third-order valence-corrected chi connectivity index (χ3v) is 5.76. The summed E-state index contributed by atoms with van der Waals surface area (Å²) in [5, 5.41) is 3.07. The molecule has 2 saturated heterocycles. The van der Waals surface area contributed by atoms with Crippen molar-refractivity contribution in [2.24, 2.45) is 5.92 Å². The van der Waals surface area contributed by atoms with Gasteiger partial charge in [0.25, 0.3) is 5.91 Å². The maximum absolute atomic E-state index is 12.8. The first-order chi connectivity index (χ1) is 14.5. The van der Waals surface area contributed by atoms with Crippen molar-refractivity contribution in [1.29, 1.82) is 0 Å². The quantitative estimate of drug-likeness (QED) is 0.813. The second kappa shape index (κ2) is 8.61. The number of carbonyl (C=O) groups is 3. The number of hydrogen-bond acceptors (Lipinski definition) is 5. The highest BCUT2D eigenvalue weighted by atomic mass is 16.5. The van der Waals surface area contributed by atoms with E-state index in [2.05, 4.69) is 5.32 Å². The number of amides is 3. The Bertz CT molecular complexity index is 919. The maximum atomic E-state index is 12.8. The monoisotopic (exact) mass is 411 g/mol. The lowest BCUT2D eigenvalue weighted by Crippen LogP contribution is -2.48. The van der Waals surface area contributed by atoms with Crippen LogP contribution in [0.1, 0.15) is 29.6 Å². The summed E-state index contributed by atoms with van der Waals surface area (Å²) < 4.78 is 10.2. The van der Waals surface area contributed by atoms with Crippen LogP contribution in [0, 0.1) is 5.92 Å². The molecular formula is C22H25N3O5. The first kappa shape index (κ1) is 20.0. The minimum Gasteiger partial charge on any atom is -0.497 e. The molecule has 30 heavy (non-hydrogen) atoms. The molecular weight excluding hydrogens is 386 g/mol. The second-order valence-corrected chi connectivity index (χ2v) is 7.69. The third-order valence-electron chi connectivity index (χ3n) is 5.76. The summed E-state index contributed by atoms with van der Waals surface area (Å²) >= 11 is 0. The molecule has 1 unspecified atom stereocenters. The molecule has 3 amide bonds. The van der Waals surface area contributed by atoms with Crippen LogP contribution >= 0.6 is 0 Å². The van der Waals surface area contributed by atoms with Gasteiger partial charge in [-0.3, -0.25) is 14.4 Å². The van der Waals surface area contributed by atoms with Gasteiger partial charge in [-0.1, -0.05) is 6.07 Å². The third kappa shape index (κ3) is 4.17. The van der Waals surface area contributed by atoms with Crippen LogP contribution in [-0.4, -0.2) is 55.4 Å². The van der Waals surface area contributed by atoms with Gasteiger partial charge >= 0.3 is 0 Å². The van der Waals surface area contributed by atoms with Crippen molar-refractivity contribution in [2.45, 2.75) is 25.3 Å². The van der Waals surface area contributed by atoms with Gasteiger partial charge in [-0.05, 0) is 31.0 Å². The molecule has 1 aromatic carbocycles. The number of rotatable bonds is 5. The van der Waals surface area contributed by atoms with Gasteiger partial charge in [0.1, 0.15) is 12.0 Å². The van der Waals surface area contributed by atoms with E-state index >= 15 is 0 Å². The number of likely N-dealkylation sites (tertiary alicyclic amines) is 1. The standard InChI is InChI=1S/C22H25N3O5/c1-29-19-4-2-3-18(12-19)25-13-16(11-20(25)26)21(27)23-17-5-8-24(9-6-17)22(28)15-7-10-30-14-15/h2-4,7,10,12,14,16-17H,5-6,8-9,11,13H2,1H3,(H,23,27). The van der Waals surface area contributed by atoms with Crippen molar-refractivity contribution in [3.05, 3.63) is 48.4 Å². The number of nitrogens with one attached hydrogen (secondary N) is 1. The Labute approximate surface area is 174 Å². The molecule has 2 aromatic rings. The summed E-state index contributed by atoms with van der Waals surface area (Å²) in [4.78, 5) is 41.0. The number of methoxy groups -OCH3 is 1. The number of carbonyl (C=O) groups excluding carboxylic acids is 3. The van der Waals surface area contributed by atoms with Gasteiger partial charge in [-0.25, -0.2) is 0 Å². The van der Waals surface area contributed by atoms with Crippen LogP contribution in [0.15, 0.2) is 47.3 Å². The first-order valence-corrected chi connectivity index (χ1v) is 10.1. The average molecular weight is 411 g/mol. The van der Waals surface area contributed by atoms with Crippen molar-refractivity contribution in [3.63, 3.8) is 0 Å². The van der Waals surface area contributed by atoms with Crippen LogP contribution in [0.2, 0.25) is 0 Å². The fraction of sp³-hybridized carbons (Fsp3) is 0.409. The van der Waals surface area contributed by atoms with E-state index < -0.39 is 0 Å². The Balaban J connectivity index is 1.29. The summed E-state index contributed by atoms with van der Waals surface area (Å²) in [6.07, 6.45) is 4.51. The summed E-state index contributed by atoms with van der Waals surface area (Å²) in [7, 11) is 1.58. The molecule has 158 valence electrons. The molecule has 8 heteroatoms. The maximum Gasteiger partial charge on any atom is 0.257 e. The lowest BCUT2D eigenvalue weighted by molar-refractivity contribution is -0.127. The molecule has 2 aliphatic heterocycles. The second-order valence-electron chi connectivity index (χ2n) is 7.69. The highest BCUT2D eigenvalue weighted by Gasteiger charge is 2.36. The fourth-order valence-corrected chi connectivity index (χ4v) is 4.03. The van der Waals surface area contributed by atoms with Crippen LogP contribution in [-0.2, 0) is 9.59 Å². The lowest BCUT2D eigenvalue weighted by Gasteiger charge is -2.32. The number of anilines is 1. The zero-order valence-corrected chi connectivity index (χ0v) is 16.9. The zero-order valence-electron chi connectivity index (χ0n) is 16.9. The zero-order chi connectivity index (χ0) is 21.1.